The molecular formula is C20H17F6N3O2S. The van der Waals surface area contributed by atoms with Crippen molar-refractivity contribution in [2.75, 3.05) is 11.1 Å². The zero-order valence-corrected chi connectivity index (χ0v) is 17.3. The quantitative estimate of drug-likeness (QED) is 0.508. The van der Waals surface area contributed by atoms with E-state index in [4.69, 9.17) is 0 Å². The number of fused-ring (bicyclic) bond motifs is 2. The summed E-state index contributed by atoms with van der Waals surface area (Å²) in [6, 6.07) is 0.312. The Morgan fingerprint density at radius 2 is 1.69 bits per heavy atom. The van der Waals surface area contributed by atoms with E-state index in [0.29, 0.717) is 41.4 Å². The van der Waals surface area contributed by atoms with E-state index < -0.39 is 41.1 Å². The van der Waals surface area contributed by atoms with Gasteiger partial charge in [0.1, 0.15) is 0 Å². The molecule has 32 heavy (non-hydrogen) atoms. The molecule has 1 N–H and O–H groups in total. The first-order chi connectivity index (χ1) is 14.9. The fourth-order valence-corrected chi connectivity index (χ4v) is 5.07. The second-order valence-electron chi connectivity index (χ2n) is 7.71. The average Bonchev–Trinajstić information content (AvgIpc) is 3.09. The minimum Gasteiger partial charge on any atom is -0.326 e. The molecule has 1 aromatic heterocycles. The van der Waals surface area contributed by atoms with E-state index in [9.17, 15) is 35.9 Å². The van der Waals surface area contributed by atoms with Gasteiger partial charge in [0.25, 0.3) is 5.56 Å². The molecule has 12 heteroatoms. The van der Waals surface area contributed by atoms with E-state index in [2.05, 4.69) is 10.3 Å². The SMILES string of the molecule is O=C(CC1CSc2nc3c(c(=O)n21)CCCC3)Nc1cc(C(F)(F)F)cc(C(F)(F)F)c1. The van der Waals surface area contributed by atoms with Gasteiger partial charge in [0.2, 0.25) is 5.91 Å². The summed E-state index contributed by atoms with van der Waals surface area (Å²) in [6.45, 7) is 0. The van der Waals surface area contributed by atoms with Gasteiger partial charge in [-0.15, -0.1) is 0 Å². The van der Waals surface area contributed by atoms with E-state index in [-0.39, 0.29) is 18.0 Å². The summed E-state index contributed by atoms with van der Waals surface area (Å²) >= 11 is 1.30. The molecule has 2 aliphatic rings. The number of aromatic nitrogens is 2. The van der Waals surface area contributed by atoms with E-state index >= 15 is 0 Å². The first kappa shape index (κ1) is 22.7. The van der Waals surface area contributed by atoms with Crippen LogP contribution in [0.1, 0.15) is 47.7 Å². The van der Waals surface area contributed by atoms with Crippen LogP contribution in [0.25, 0.3) is 0 Å². The second-order valence-corrected chi connectivity index (χ2v) is 8.70. The number of halogens is 6. The molecule has 0 radical (unpaired) electrons. The van der Waals surface area contributed by atoms with Gasteiger partial charge in [-0.25, -0.2) is 4.98 Å². The number of carbonyl (C=O) groups excluding carboxylic acids is 1. The van der Waals surface area contributed by atoms with Crippen LogP contribution in [0.15, 0.2) is 28.2 Å². The monoisotopic (exact) mass is 477 g/mol. The second kappa shape index (κ2) is 8.13. The van der Waals surface area contributed by atoms with Crippen molar-refractivity contribution in [1.82, 2.24) is 9.55 Å². The molecule has 0 fully saturated rings. The van der Waals surface area contributed by atoms with Gasteiger partial charge in [0.05, 0.1) is 22.9 Å². The lowest BCUT2D eigenvalue weighted by atomic mass is 9.97. The number of thioether (sulfide) groups is 1. The summed E-state index contributed by atoms with van der Waals surface area (Å²) in [5.41, 5.74) is -2.51. The molecule has 1 atom stereocenters. The van der Waals surface area contributed by atoms with Gasteiger partial charge in [-0.1, -0.05) is 11.8 Å². The predicted octanol–water partition coefficient (Wildman–Crippen LogP) is 4.84. The van der Waals surface area contributed by atoms with E-state index in [1.165, 1.54) is 16.3 Å². The molecule has 172 valence electrons. The minimum atomic E-state index is -5.01. The molecule has 4 rings (SSSR count). The number of rotatable bonds is 3. The number of anilines is 1. The highest BCUT2D eigenvalue weighted by molar-refractivity contribution is 7.99. The third kappa shape index (κ3) is 4.50. The van der Waals surface area contributed by atoms with E-state index in [1.54, 1.807) is 0 Å². The third-order valence-corrected chi connectivity index (χ3v) is 6.51. The van der Waals surface area contributed by atoms with Crippen LogP contribution in [0.2, 0.25) is 0 Å². The van der Waals surface area contributed by atoms with Crippen LogP contribution in [-0.2, 0) is 30.0 Å². The summed E-state index contributed by atoms with van der Waals surface area (Å²) in [5, 5.41) is 2.60. The number of carbonyl (C=O) groups is 1. The molecule has 0 saturated heterocycles. The Morgan fingerprint density at radius 3 is 2.31 bits per heavy atom. The summed E-state index contributed by atoms with van der Waals surface area (Å²) in [6.07, 6.45) is -7.21. The zero-order valence-electron chi connectivity index (χ0n) is 16.4. The predicted molar refractivity (Wildman–Crippen MR) is 105 cm³/mol. The summed E-state index contributed by atoms with van der Waals surface area (Å²) in [7, 11) is 0. The van der Waals surface area contributed by atoms with Crippen LogP contribution in [0.4, 0.5) is 32.0 Å². The highest BCUT2D eigenvalue weighted by atomic mass is 32.2. The third-order valence-electron chi connectivity index (χ3n) is 5.41. The first-order valence-corrected chi connectivity index (χ1v) is 10.8. The van der Waals surface area contributed by atoms with Crippen molar-refractivity contribution in [1.29, 1.82) is 0 Å². The van der Waals surface area contributed by atoms with Crippen molar-refractivity contribution in [2.24, 2.45) is 0 Å². The lowest BCUT2D eigenvalue weighted by Gasteiger charge is -2.19. The normalized spacial score (nSPS) is 18.2. The summed E-state index contributed by atoms with van der Waals surface area (Å²) in [5.74, 6) is -0.435. The van der Waals surface area contributed by atoms with Crippen LogP contribution in [-0.4, -0.2) is 21.2 Å². The number of hydrogen-bond donors (Lipinski definition) is 1. The number of nitrogens with zero attached hydrogens (tertiary/aromatic N) is 2. The van der Waals surface area contributed by atoms with Gasteiger partial charge in [0, 0.05) is 23.4 Å². The molecule has 1 amide bonds. The summed E-state index contributed by atoms with van der Waals surface area (Å²) in [4.78, 5) is 29.9. The Kier molecular flexibility index (Phi) is 5.76. The maximum absolute atomic E-state index is 13.0. The molecule has 0 spiro atoms. The van der Waals surface area contributed by atoms with Crippen LogP contribution in [0, 0.1) is 0 Å². The maximum atomic E-state index is 13.0. The van der Waals surface area contributed by atoms with Crippen molar-refractivity contribution in [3.63, 3.8) is 0 Å². The number of hydrogen-bond acceptors (Lipinski definition) is 4. The first-order valence-electron chi connectivity index (χ1n) is 9.80. The fraction of sp³-hybridized carbons (Fsp3) is 0.450. The van der Waals surface area contributed by atoms with Crippen LogP contribution in [0.5, 0.6) is 0 Å². The zero-order chi connectivity index (χ0) is 23.3. The van der Waals surface area contributed by atoms with Crippen LogP contribution >= 0.6 is 11.8 Å². The van der Waals surface area contributed by atoms with E-state index in [0.717, 1.165) is 18.5 Å². The van der Waals surface area contributed by atoms with Crippen molar-refractivity contribution in [2.45, 2.75) is 55.7 Å². The minimum absolute atomic E-state index is 0.00606. The average molecular weight is 477 g/mol. The lowest BCUT2D eigenvalue weighted by Crippen LogP contribution is -2.32. The highest BCUT2D eigenvalue weighted by Crippen LogP contribution is 2.38. The Hall–Kier alpha value is -2.50. The van der Waals surface area contributed by atoms with Gasteiger partial charge >= 0.3 is 12.4 Å². The van der Waals surface area contributed by atoms with Crippen LogP contribution in [0.3, 0.4) is 0 Å². The Bertz CT molecular complexity index is 1090. The number of benzene rings is 1. The maximum Gasteiger partial charge on any atom is 0.416 e. The largest absolute Gasteiger partial charge is 0.416 e. The van der Waals surface area contributed by atoms with Gasteiger partial charge in [-0.05, 0) is 43.9 Å². The highest BCUT2D eigenvalue weighted by Gasteiger charge is 2.37. The molecule has 0 bridgehead atoms. The molecule has 1 aliphatic heterocycles. The van der Waals surface area contributed by atoms with Crippen molar-refractivity contribution in [3.05, 3.63) is 50.9 Å². The molecule has 1 unspecified atom stereocenters. The van der Waals surface area contributed by atoms with Gasteiger partial charge in [-0.3, -0.25) is 14.2 Å². The standard InChI is InChI=1S/C20H17F6N3O2S/c21-19(22,23)10-5-11(20(24,25)26)7-12(6-10)27-16(30)8-13-9-32-18-28-15-4-2-1-3-14(15)17(31)29(13)18/h5-7,13H,1-4,8-9H2,(H,27,30). The van der Waals surface area contributed by atoms with Gasteiger partial charge in [0.15, 0.2) is 5.16 Å². The van der Waals surface area contributed by atoms with E-state index in [1.807, 2.05) is 0 Å². The smallest absolute Gasteiger partial charge is 0.326 e. The molecule has 1 aromatic carbocycles. The topological polar surface area (TPSA) is 64.0 Å². The van der Waals surface area contributed by atoms with Gasteiger partial charge in [-0.2, -0.15) is 26.3 Å². The molecule has 2 heterocycles. The van der Waals surface area contributed by atoms with Gasteiger partial charge < -0.3 is 5.32 Å². The van der Waals surface area contributed by atoms with Crippen molar-refractivity contribution in [3.8, 4) is 0 Å². The summed E-state index contributed by atoms with van der Waals surface area (Å²) < 4.78 is 79.5. The number of amides is 1. The van der Waals surface area contributed by atoms with Crippen molar-refractivity contribution < 1.29 is 31.1 Å². The Balaban J connectivity index is 1.57. The number of nitrogens with one attached hydrogen (secondary N) is 1. The molecule has 1 aliphatic carbocycles. The molecule has 5 nitrogen and oxygen atoms in total. The van der Waals surface area contributed by atoms with Crippen LogP contribution < -0.4 is 10.9 Å². The molecule has 0 saturated carbocycles. The molecule has 2 aromatic rings. The lowest BCUT2D eigenvalue weighted by molar-refractivity contribution is -0.143. The number of alkyl halides is 6. The molecular weight excluding hydrogens is 460 g/mol. The Labute approximate surface area is 182 Å². The fourth-order valence-electron chi connectivity index (χ4n) is 3.92. The van der Waals surface area contributed by atoms with Crippen molar-refractivity contribution >= 4 is 23.4 Å². The number of aryl methyl sites for hydroxylation is 1. The Morgan fingerprint density at radius 1 is 1.06 bits per heavy atom.